The Morgan fingerprint density at radius 3 is 2.70 bits per heavy atom. The van der Waals surface area contributed by atoms with E-state index in [2.05, 4.69) is 14.9 Å². The van der Waals surface area contributed by atoms with Crippen molar-refractivity contribution in [1.29, 1.82) is 0 Å². The van der Waals surface area contributed by atoms with Crippen LogP contribution in [0.25, 0.3) is 0 Å². The molecule has 0 aliphatic rings. The van der Waals surface area contributed by atoms with Gasteiger partial charge in [0.2, 0.25) is 10.0 Å². The van der Waals surface area contributed by atoms with Gasteiger partial charge in [-0.1, -0.05) is 16.7 Å². The molecular formula is C13H16ClFN4O3S. The third-order valence-corrected chi connectivity index (χ3v) is 4.96. The highest BCUT2D eigenvalue weighted by Gasteiger charge is 2.25. The van der Waals surface area contributed by atoms with Gasteiger partial charge in [-0.3, -0.25) is 4.57 Å². The number of halogens is 2. The lowest BCUT2D eigenvalue weighted by Crippen LogP contribution is -2.29. The third-order valence-electron chi connectivity index (χ3n) is 3.15. The molecule has 0 unspecified atom stereocenters. The SMILES string of the molecule is CCn1c(OC)nnc1[C@@H](C)NS(=O)(=O)c1ccc(Cl)cc1F. The van der Waals surface area contributed by atoms with Gasteiger partial charge in [0.25, 0.3) is 0 Å². The minimum atomic E-state index is -4.08. The van der Waals surface area contributed by atoms with Gasteiger partial charge >= 0.3 is 6.01 Å². The van der Waals surface area contributed by atoms with Crippen LogP contribution < -0.4 is 9.46 Å². The number of nitrogens with zero attached hydrogens (tertiary/aromatic N) is 3. The van der Waals surface area contributed by atoms with Gasteiger partial charge in [0.15, 0.2) is 5.82 Å². The van der Waals surface area contributed by atoms with Crippen molar-refractivity contribution in [2.45, 2.75) is 31.3 Å². The van der Waals surface area contributed by atoms with E-state index in [-0.39, 0.29) is 11.0 Å². The van der Waals surface area contributed by atoms with Crippen molar-refractivity contribution in [2.24, 2.45) is 0 Å². The van der Waals surface area contributed by atoms with E-state index >= 15 is 0 Å². The van der Waals surface area contributed by atoms with E-state index in [1.54, 1.807) is 11.5 Å². The topological polar surface area (TPSA) is 86.1 Å². The Morgan fingerprint density at radius 1 is 1.43 bits per heavy atom. The maximum absolute atomic E-state index is 13.8. The summed E-state index contributed by atoms with van der Waals surface area (Å²) in [4.78, 5) is -0.483. The number of hydrogen-bond acceptors (Lipinski definition) is 5. The van der Waals surface area contributed by atoms with E-state index in [4.69, 9.17) is 16.3 Å². The van der Waals surface area contributed by atoms with Crippen LogP contribution in [0, 0.1) is 5.82 Å². The zero-order valence-electron chi connectivity index (χ0n) is 12.7. The smallest absolute Gasteiger partial charge is 0.316 e. The summed E-state index contributed by atoms with van der Waals surface area (Å²) in [7, 11) is -2.64. The van der Waals surface area contributed by atoms with Gasteiger partial charge in [-0.25, -0.2) is 17.5 Å². The van der Waals surface area contributed by atoms with Crippen molar-refractivity contribution in [2.75, 3.05) is 7.11 Å². The van der Waals surface area contributed by atoms with Crippen molar-refractivity contribution < 1.29 is 17.5 Å². The predicted molar refractivity (Wildman–Crippen MR) is 82.4 cm³/mol. The second-order valence-electron chi connectivity index (χ2n) is 4.71. The van der Waals surface area contributed by atoms with Gasteiger partial charge in [0.05, 0.1) is 13.2 Å². The number of nitrogens with one attached hydrogen (secondary N) is 1. The Bertz CT molecular complexity index is 810. The first kappa shape index (κ1) is 17.6. The van der Waals surface area contributed by atoms with Crippen molar-refractivity contribution in [3.8, 4) is 6.01 Å². The van der Waals surface area contributed by atoms with E-state index in [9.17, 15) is 12.8 Å². The van der Waals surface area contributed by atoms with Crippen LogP contribution in [0.3, 0.4) is 0 Å². The van der Waals surface area contributed by atoms with Crippen LogP contribution in [0.15, 0.2) is 23.1 Å². The van der Waals surface area contributed by atoms with Gasteiger partial charge in [-0.15, -0.1) is 5.10 Å². The lowest BCUT2D eigenvalue weighted by molar-refractivity contribution is 0.354. The minimum Gasteiger partial charge on any atom is -0.467 e. The third kappa shape index (κ3) is 3.62. The highest BCUT2D eigenvalue weighted by Crippen LogP contribution is 2.22. The van der Waals surface area contributed by atoms with E-state index in [0.717, 1.165) is 12.1 Å². The van der Waals surface area contributed by atoms with Crippen molar-refractivity contribution >= 4 is 21.6 Å². The van der Waals surface area contributed by atoms with E-state index in [0.29, 0.717) is 12.4 Å². The molecule has 0 fully saturated rings. The van der Waals surface area contributed by atoms with Crippen molar-refractivity contribution in [3.05, 3.63) is 34.9 Å². The zero-order valence-corrected chi connectivity index (χ0v) is 14.3. The van der Waals surface area contributed by atoms with Crippen LogP contribution in [-0.4, -0.2) is 30.3 Å². The first-order chi connectivity index (χ1) is 10.8. The normalized spacial score (nSPS) is 13.1. The summed E-state index contributed by atoms with van der Waals surface area (Å²) in [6.07, 6.45) is 0. The Labute approximate surface area is 138 Å². The van der Waals surface area contributed by atoms with E-state index < -0.39 is 26.8 Å². The largest absolute Gasteiger partial charge is 0.467 e. The van der Waals surface area contributed by atoms with Gasteiger partial charge in [-0.05, 0) is 32.0 Å². The summed E-state index contributed by atoms with van der Waals surface area (Å²) in [5, 5.41) is 7.86. The monoisotopic (exact) mass is 362 g/mol. The number of benzene rings is 1. The van der Waals surface area contributed by atoms with Crippen LogP contribution >= 0.6 is 11.6 Å². The molecule has 2 aromatic rings. The second-order valence-corrected chi connectivity index (χ2v) is 6.83. The number of ether oxygens (including phenoxy) is 1. The second kappa shape index (κ2) is 6.81. The Morgan fingerprint density at radius 2 is 2.13 bits per heavy atom. The molecule has 1 atom stereocenters. The fraction of sp³-hybridized carbons (Fsp3) is 0.385. The van der Waals surface area contributed by atoms with E-state index in [1.165, 1.54) is 13.2 Å². The Kier molecular flexibility index (Phi) is 5.23. The fourth-order valence-electron chi connectivity index (χ4n) is 2.11. The molecule has 0 saturated heterocycles. The molecule has 1 aromatic heterocycles. The molecule has 7 nitrogen and oxygen atoms in total. The first-order valence-corrected chi connectivity index (χ1v) is 8.60. The summed E-state index contributed by atoms with van der Waals surface area (Å²) in [6, 6.07) is 2.90. The van der Waals surface area contributed by atoms with E-state index in [1.807, 2.05) is 6.92 Å². The van der Waals surface area contributed by atoms with Gasteiger partial charge in [0.1, 0.15) is 10.7 Å². The molecular weight excluding hydrogens is 347 g/mol. The molecule has 126 valence electrons. The summed E-state index contributed by atoms with van der Waals surface area (Å²) in [6.45, 7) is 3.92. The first-order valence-electron chi connectivity index (χ1n) is 6.74. The molecule has 0 radical (unpaired) electrons. The molecule has 2 rings (SSSR count). The molecule has 0 spiro atoms. The zero-order chi connectivity index (χ0) is 17.2. The average Bonchev–Trinajstić information content (AvgIpc) is 2.89. The quantitative estimate of drug-likeness (QED) is 0.850. The van der Waals surface area contributed by atoms with Gasteiger partial charge < -0.3 is 4.74 Å². The Balaban J connectivity index is 2.32. The molecule has 23 heavy (non-hydrogen) atoms. The molecule has 10 heteroatoms. The van der Waals surface area contributed by atoms with Crippen LogP contribution in [-0.2, 0) is 16.6 Å². The molecule has 0 aliphatic carbocycles. The molecule has 0 bridgehead atoms. The summed E-state index contributed by atoms with van der Waals surface area (Å²) >= 11 is 5.64. The lowest BCUT2D eigenvalue weighted by atomic mass is 10.3. The molecule has 1 aromatic carbocycles. The van der Waals surface area contributed by atoms with Crippen LogP contribution in [0.2, 0.25) is 5.02 Å². The number of rotatable bonds is 6. The maximum atomic E-state index is 13.8. The van der Waals surface area contributed by atoms with Gasteiger partial charge in [0, 0.05) is 11.6 Å². The number of hydrogen-bond donors (Lipinski definition) is 1. The molecule has 0 amide bonds. The summed E-state index contributed by atoms with van der Waals surface area (Å²) in [5.41, 5.74) is 0. The minimum absolute atomic E-state index is 0.116. The molecule has 1 heterocycles. The highest BCUT2D eigenvalue weighted by atomic mass is 35.5. The van der Waals surface area contributed by atoms with Crippen molar-refractivity contribution in [1.82, 2.24) is 19.5 Å². The van der Waals surface area contributed by atoms with Gasteiger partial charge in [-0.2, -0.15) is 0 Å². The molecule has 1 N–H and O–H groups in total. The summed E-state index contributed by atoms with van der Waals surface area (Å²) in [5.74, 6) is -0.561. The van der Waals surface area contributed by atoms with Crippen molar-refractivity contribution in [3.63, 3.8) is 0 Å². The number of sulfonamides is 1. The molecule has 0 saturated carbocycles. The van der Waals surface area contributed by atoms with Crippen LogP contribution in [0.1, 0.15) is 25.7 Å². The average molecular weight is 363 g/mol. The standard InChI is InChI=1S/C13H16ClFN4O3S/c1-4-19-12(16-17-13(19)22-3)8(2)18-23(20,21)11-6-5-9(14)7-10(11)15/h5-8,18H,4H2,1-3H3/t8-/m1/s1. The van der Waals surface area contributed by atoms with Crippen LogP contribution in [0.4, 0.5) is 4.39 Å². The predicted octanol–water partition coefficient (Wildman–Crippen LogP) is 2.14. The highest BCUT2D eigenvalue weighted by molar-refractivity contribution is 7.89. The lowest BCUT2D eigenvalue weighted by Gasteiger charge is -2.15. The number of aromatic nitrogens is 3. The fourth-order valence-corrected chi connectivity index (χ4v) is 3.53. The Hall–Kier alpha value is -1.71. The number of methoxy groups -OCH3 is 1. The maximum Gasteiger partial charge on any atom is 0.316 e. The van der Waals surface area contributed by atoms with Crippen LogP contribution in [0.5, 0.6) is 6.01 Å². The summed E-state index contributed by atoms with van der Waals surface area (Å²) < 4.78 is 47.6. The molecule has 0 aliphatic heterocycles.